The fourth-order valence-corrected chi connectivity index (χ4v) is 2.62. The van der Waals surface area contributed by atoms with Gasteiger partial charge in [0.05, 0.1) is 12.3 Å². The molecular weight excluding hydrogens is 250 g/mol. The molecule has 1 atom stereocenters. The molecule has 3 aromatic rings. The van der Waals surface area contributed by atoms with E-state index in [2.05, 4.69) is 29.1 Å². The van der Waals surface area contributed by atoms with Gasteiger partial charge >= 0.3 is 0 Å². The van der Waals surface area contributed by atoms with E-state index in [1.165, 1.54) is 11.3 Å². The van der Waals surface area contributed by atoms with Crippen LogP contribution in [-0.2, 0) is 0 Å². The van der Waals surface area contributed by atoms with Gasteiger partial charge in [-0.1, -0.05) is 25.2 Å². The van der Waals surface area contributed by atoms with E-state index in [9.17, 15) is 0 Å². The molecule has 0 spiro atoms. The quantitative estimate of drug-likeness (QED) is 0.782. The van der Waals surface area contributed by atoms with E-state index in [0.717, 1.165) is 9.97 Å². The summed E-state index contributed by atoms with van der Waals surface area (Å²) in [5.74, 6) is 1.59. The molecule has 0 aliphatic carbocycles. The average Bonchev–Trinajstić information content (AvgIpc) is 3.02. The first-order valence-electron chi connectivity index (χ1n) is 5.68. The third-order valence-electron chi connectivity index (χ3n) is 2.75. The number of aromatic nitrogens is 4. The topological polar surface area (TPSA) is 82.2 Å². The molecule has 3 aromatic heterocycles. The van der Waals surface area contributed by atoms with E-state index in [1.54, 1.807) is 10.8 Å². The summed E-state index contributed by atoms with van der Waals surface area (Å²) in [7, 11) is 0. The van der Waals surface area contributed by atoms with Gasteiger partial charge in [-0.2, -0.15) is 9.61 Å². The zero-order chi connectivity index (χ0) is 12.7. The molecule has 0 aliphatic rings. The fourth-order valence-electron chi connectivity index (χ4n) is 1.61. The molecule has 0 radical (unpaired) electrons. The predicted octanol–water partition coefficient (Wildman–Crippen LogP) is 2.10. The second-order valence-corrected chi connectivity index (χ2v) is 5.39. The van der Waals surface area contributed by atoms with Crippen molar-refractivity contribution in [3.8, 4) is 11.6 Å². The monoisotopic (exact) mass is 263 g/mol. The Labute approximate surface area is 107 Å². The van der Waals surface area contributed by atoms with Gasteiger partial charge < -0.3 is 10.2 Å². The summed E-state index contributed by atoms with van der Waals surface area (Å²) in [6, 6.07) is 3.56. The number of hydrogen-bond donors (Lipinski definition) is 1. The molecule has 3 heterocycles. The van der Waals surface area contributed by atoms with Crippen molar-refractivity contribution in [3.63, 3.8) is 0 Å². The molecule has 0 saturated heterocycles. The van der Waals surface area contributed by atoms with Crippen LogP contribution in [-0.4, -0.2) is 19.8 Å². The first kappa shape index (κ1) is 11.4. The average molecular weight is 263 g/mol. The summed E-state index contributed by atoms with van der Waals surface area (Å²) in [5.41, 5.74) is 6.09. The molecule has 7 heteroatoms. The highest BCUT2D eigenvalue weighted by Gasteiger charge is 2.20. The first-order valence-corrected chi connectivity index (χ1v) is 6.50. The standard InChI is InChI=1S/C11H13N5OS/c1-6(2)8(12)10-15-16-9(7-4-3-5-17-7)13-14-11(16)18-10/h3-6,8H,12H2,1-2H3. The molecule has 6 nitrogen and oxygen atoms in total. The normalized spacial score (nSPS) is 13.6. The minimum absolute atomic E-state index is 0.0823. The van der Waals surface area contributed by atoms with Crippen LogP contribution in [0.4, 0.5) is 0 Å². The van der Waals surface area contributed by atoms with Gasteiger partial charge in [0.2, 0.25) is 10.8 Å². The lowest BCUT2D eigenvalue weighted by molar-refractivity contribution is 0.506. The van der Waals surface area contributed by atoms with Crippen LogP contribution in [0.3, 0.4) is 0 Å². The van der Waals surface area contributed by atoms with Gasteiger partial charge in [0.25, 0.3) is 0 Å². The molecule has 2 N–H and O–H groups in total. The van der Waals surface area contributed by atoms with Crippen molar-refractivity contribution in [1.29, 1.82) is 0 Å². The van der Waals surface area contributed by atoms with Crippen LogP contribution in [0.1, 0.15) is 24.9 Å². The Hall–Kier alpha value is -1.73. The summed E-state index contributed by atoms with van der Waals surface area (Å²) in [6.45, 7) is 4.14. The van der Waals surface area contributed by atoms with Crippen molar-refractivity contribution < 1.29 is 4.42 Å². The Morgan fingerprint density at radius 2 is 2.22 bits per heavy atom. The van der Waals surface area contributed by atoms with Gasteiger partial charge in [0.15, 0.2) is 5.76 Å². The second-order valence-electron chi connectivity index (χ2n) is 4.41. The highest BCUT2D eigenvalue weighted by atomic mass is 32.1. The summed E-state index contributed by atoms with van der Waals surface area (Å²) in [6.07, 6.45) is 1.60. The smallest absolute Gasteiger partial charge is 0.235 e. The largest absolute Gasteiger partial charge is 0.461 e. The van der Waals surface area contributed by atoms with Gasteiger partial charge in [-0.15, -0.1) is 10.2 Å². The van der Waals surface area contributed by atoms with E-state index < -0.39 is 0 Å². The molecule has 3 rings (SSSR count). The van der Waals surface area contributed by atoms with Gasteiger partial charge in [-0.05, 0) is 18.1 Å². The summed E-state index contributed by atoms with van der Waals surface area (Å²) in [5, 5.41) is 13.5. The first-order chi connectivity index (χ1) is 8.66. The number of fused-ring (bicyclic) bond motifs is 1. The van der Waals surface area contributed by atoms with Crippen molar-refractivity contribution in [3.05, 3.63) is 23.4 Å². The number of nitrogens with zero attached hydrogens (tertiary/aromatic N) is 4. The van der Waals surface area contributed by atoms with Crippen LogP contribution in [0.2, 0.25) is 0 Å². The van der Waals surface area contributed by atoms with Crippen LogP contribution in [0.5, 0.6) is 0 Å². The number of nitrogens with two attached hydrogens (primary N) is 1. The second kappa shape index (κ2) is 4.18. The molecule has 18 heavy (non-hydrogen) atoms. The molecule has 0 amide bonds. The Bertz CT molecular complexity index is 654. The van der Waals surface area contributed by atoms with Crippen LogP contribution >= 0.6 is 11.3 Å². The molecular formula is C11H13N5OS. The van der Waals surface area contributed by atoms with Crippen molar-refractivity contribution in [2.24, 2.45) is 11.7 Å². The highest BCUT2D eigenvalue weighted by Crippen LogP contribution is 2.26. The molecule has 0 aromatic carbocycles. The SMILES string of the molecule is CC(C)C(N)c1nn2c(-c3ccco3)nnc2s1. The van der Waals surface area contributed by atoms with Gasteiger partial charge in [0, 0.05) is 0 Å². The zero-order valence-electron chi connectivity index (χ0n) is 10.1. The van der Waals surface area contributed by atoms with Crippen molar-refractivity contribution in [2.75, 3.05) is 0 Å². The lowest BCUT2D eigenvalue weighted by Crippen LogP contribution is -2.16. The number of hydrogen-bond acceptors (Lipinski definition) is 6. The van der Waals surface area contributed by atoms with Crippen LogP contribution in [0, 0.1) is 5.92 Å². The maximum atomic E-state index is 6.09. The van der Waals surface area contributed by atoms with Crippen LogP contribution in [0.15, 0.2) is 22.8 Å². The maximum absolute atomic E-state index is 6.09. The van der Waals surface area contributed by atoms with E-state index >= 15 is 0 Å². The van der Waals surface area contributed by atoms with E-state index in [0.29, 0.717) is 17.5 Å². The molecule has 0 saturated carbocycles. The number of rotatable bonds is 3. The summed E-state index contributed by atoms with van der Waals surface area (Å²) in [4.78, 5) is 0.729. The van der Waals surface area contributed by atoms with E-state index in [-0.39, 0.29) is 6.04 Å². The zero-order valence-corrected chi connectivity index (χ0v) is 10.9. The van der Waals surface area contributed by atoms with E-state index in [1.807, 2.05) is 12.1 Å². The van der Waals surface area contributed by atoms with Crippen LogP contribution < -0.4 is 5.73 Å². The van der Waals surface area contributed by atoms with Gasteiger partial charge in [-0.3, -0.25) is 0 Å². The van der Waals surface area contributed by atoms with E-state index in [4.69, 9.17) is 10.2 Å². The van der Waals surface area contributed by atoms with Crippen molar-refractivity contribution in [1.82, 2.24) is 19.8 Å². The molecule has 0 aliphatic heterocycles. The molecule has 1 unspecified atom stereocenters. The summed E-state index contributed by atoms with van der Waals surface area (Å²) < 4.78 is 6.99. The van der Waals surface area contributed by atoms with Crippen molar-refractivity contribution in [2.45, 2.75) is 19.9 Å². The Morgan fingerprint density at radius 1 is 1.39 bits per heavy atom. The van der Waals surface area contributed by atoms with Gasteiger partial charge in [0.1, 0.15) is 5.01 Å². The Kier molecular flexibility index (Phi) is 2.64. The van der Waals surface area contributed by atoms with Gasteiger partial charge in [-0.25, -0.2) is 0 Å². The van der Waals surface area contributed by atoms with Crippen LogP contribution in [0.25, 0.3) is 16.5 Å². The Morgan fingerprint density at radius 3 is 2.89 bits per heavy atom. The van der Waals surface area contributed by atoms with Crippen molar-refractivity contribution >= 4 is 16.3 Å². The highest BCUT2D eigenvalue weighted by molar-refractivity contribution is 7.16. The Balaban J connectivity index is 2.09. The predicted molar refractivity (Wildman–Crippen MR) is 68.1 cm³/mol. The third-order valence-corrected chi connectivity index (χ3v) is 3.75. The minimum atomic E-state index is -0.0823. The lowest BCUT2D eigenvalue weighted by Gasteiger charge is -2.10. The molecule has 94 valence electrons. The lowest BCUT2D eigenvalue weighted by atomic mass is 10.1. The number of furan rings is 1. The third kappa shape index (κ3) is 1.72. The fraction of sp³-hybridized carbons (Fsp3) is 0.364. The molecule has 0 bridgehead atoms. The maximum Gasteiger partial charge on any atom is 0.235 e. The molecule has 0 fully saturated rings. The summed E-state index contributed by atoms with van der Waals surface area (Å²) >= 11 is 1.46. The minimum Gasteiger partial charge on any atom is -0.461 e.